The number of hydrogen-bond donors (Lipinski definition) is 1. The standard InChI is InChI=1S/C13H22BrNO2/c1-10-4-6-13(9-14,7-5-10)15-12(16)11-3-2-8-17-11/h10-11H,2-9H2,1H3,(H,15,16). The minimum absolute atomic E-state index is 0.0322. The number of hydrogen-bond acceptors (Lipinski definition) is 2. The van der Waals surface area contributed by atoms with Crippen LogP contribution in [0.2, 0.25) is 0 Å². The second kappa shape index (κ2) is 5.70. The van der Waals surface area contributed by atoms with Crippen LogP contribution in [0, 0.1) is 5.92 Å². The number of nitrogens with one attached hydrogen (secondary N) is 1. The molecule has 0 spiro atoms. The van der Waals surface area contributed by atoms with E-state index in [4.69, 9.17) is 4.74 Å². The third-order valence-electron chi connectivity index (χ3n) is 4.10. The molecule has 1 N–H and O–H groups in total. The third kappa shape index (κ3) is 3.22. The van der Waals surface area contributed by atoms with Crippen LogP contribution >= 0.6 is 15.9 Å². The lowest BCUT2D eigenvalue weighted by atomic mass is 9.78. The van der Waals surface area contributed by atoms with E-state index in [1.807, 2.05) is 0 Å². The van der Waals surface area contributed by atoms with Crippen LogP contribution in [0.4, 0.5) is 0 Å². The van der Waals surface area contributed by atoms with E-state index >= 15 is 0 Å². The van der Waals surface area contributed by atoms with E-state index < -0.39 is 0 Å². The molecule has 1 unspecified atom stereocenters. The fourth-order valence-corrected chi connectivity index (χ4v) is 3.43. The van der Waals surface area contributed by atoms with E-state index in [0.717, 1.165) is 43.5 Å². The Morgan fingerprint density at radius 2 is 2.12 bits per heavy atom. The summed E-state index contributed by atoms with van der Waals surface area (Å²) in [6, 6.07) is 0. The largest absolute Gasteiger partial charge is 0.368 e. The Bertz CT molecular complexity index is 269. The molecule has 0 aromatic carbocycles. The Labute approximate surface area is 112 Å². The van der Waals surface area contributed by atoms with Crippen molar-refractivity contribution in [3.8, 4) is 0 Å². The van der Waals surface area contributed by atoms with E-state index in [9.17, 15) is 4.79 Å². The number of halogens is 1. The maximum absolute atomic E-state index is 12.1. The van der Waals surface area contributed by atoms with Gasteiger partial charge in [-0.25, -0.2) is 0 Å². The van der Waals surface area contributed by atoms with E-state index in [-0.39, 0.29) is 17.6 Å². The first-order valence-corrected chi connectivity index (χ1v) is 7.77. The van der Waals surface area contributed by atoms with Gasteiger partial charge in [0, 0.05) is 17.5 Å². The average Bonchev–Trinajstić information content (AvgIpc) is 2.86. The molecule has 0 bridgehead atoms. The lowest BCUT2D eigenvalue weighted by Gasteiger charge is -2.39. The summed E-state index contributed by atoms with van der Waals surface area (Å²) in [7, 11) is 0. The van der Waals surface area contributed by atoms with Crippen LogP contribution in [0.1, 0.15) is 45.4 Å². The summed E-state index contributed by atoms with van der Waals surface area (Å²) in [6.45, 7) is 3.02. The predicted molar refractivity (Wildman–Crippen MR) is 71.3 cm³/mol. The maximum atomic E-state index is 12.1. The van der Waals surface area contributed by atoms with Gasteiger partial charge in [-0.3, -0.25) is 4.79 Å². The molecule has 4 heteroatoms. The van der Waals surface area contributed by atoms with Crippen molar-refractivity contribution < 1.29 is 9.53 Å². The molecule has 1 amide bonds. The molecule has 1 saturated carbocycles. The van der Waals surface area contributed by atoms with Gasteiger partial charge in [0.1, 0.15) is 6.10 Å². The van der Waals surface area contributed by atoms with E-state index in [1.54, 1.807) is 0 Å². The van der Waals surface area contributed by atoms with Crippen molar-refractivity contribution in [2.75, 3.05) is 11.9 Å². The molecule has 17 heavy (non-hydrogen) atoms. The first-order valence-electron chi connectivity index (χ1n) is 6.65. The summed E-state index contributed by atoms with van der Waals surface area (Å²) >= 11 is 3.57. The zero-order valence-corrected chi connectivity index (χ0v) is 12.1. The summed E-state index contributed by atoms with van der Waals surface area (Å²) in [6.07, 6.45) is 6.26. The van der Waals surface area contributed by atoms with Crippen LogP contribution in [0.15, 0.2) is 0 Å². The van der Waals surface area contributed by atoms with Crippen molar-refractivity contribution in [3.63, 3.8) is 0 Å². The number of alkyl halides is 1. The van der Waals surface area contributed by atoms with Gasteiger partial charge in [0.2, 0.25) is 5.91 Å². The highest BCUT2D eigenvalue weighted by molar-refractivity contribution is 9.09. The van der Waals surface area contributed by atoms with Crippen molar-refractivity contribution in [3.05, 3.63) is 0 Å². The summed E-state index contributed by atoms with van der Waals surface area (Å²) in [5.74, 6) is 0.887. The second-order valence-corrected chi connectivity index (χ2v) is 6.15. The molecule has 0 aromatic heterocycles. The minimum Gasteiger partial charge on any atom is -0.368 e. The average molecular weight is 304 g/mol. The van der Waals surface area contributed by atoms with Crippen LogP contribution in [-0.4, -0.2) is 29.5 Å². The van der Waals surface area contributed by atoms with Gasteiger partial charge >= 0.3 is 0 Å². The quantitative estimate of drug-likeness (QED) is 0.814. The molecule has 3 nitrogen and oxygen atoms in total. The molecule has 0 radical (unpaired) electrons. The molecule has 1 aliphatic carbocycles. The number of carbonyl (C=O) groups is 1. The minimum atomic E-state index is -0.203. The highest BCUT2D eigenvalue weighted by Gasteiger charge is 2.37. The van der Waals surface area contributed by atoms with Gasteiger partial charge in [-0.05, 0) is 44.4 Å². The monoisotopic (exact) mass is 303 g/mol. The first-order chi connectivity index (χ1) is 8.15. The van der Waals surface area contributed by atoms with Crippen LogP contribution in [0.3, 0.4) is 0 Å². The molecule has 1 atom stereocenters. The summed E-state index contributed by atoms with van der Waals surface area (Å²) < 4.78 is 5.44. The second-order valence-electron chi connectivity index (χ2n) is 5.59. The Morgan fingerprint density at radius 1 is 1.41 bits per heavy atom. The van der Waals surface area contributed by atoms with Crippen LogP contribution < -0.4 is 5.32 Å². The summed E-state index contributed by atoms with van der Waals surface area (Å²) in [5, 5.41) is 4.09. The van der Waals surface area contributed by atoms with Crippen molar-refractivity contribution in [1.82, 2.24) is 5.32 Å². The SMILES string of the molecule is CC1CCC(CBr)(NC(=O)C2CCCO2)CC1. The first kappa shape index (κ1) is 13.3. The van der Waals surface area contributed by atoms with Gasteiger partial charge in [0.05, 0.1) is 0 Å². The lowest BCUT2D eigenvalue weighted by molar-refractivity contribution is -0.132. The zero-order chi connectivity index (χ0) is 12.3. The van der Waals surface area contributed by atoms with Gasteiger partial charge in [-0.15, -0.1) is 0 Å². The molecule has 1 aliphatic heterocycles. The van der Waals surface area contributed by atoms with Crippen LogP contribution in [0.25, 0.3) is 0 Å². The summed E-state index contributed by atoms with van der Waals surface area (Å²) in [5.41, 5.74) is -0.0322. The Hall–Kier alpha value is -0.0900. The van der Waals surface area contributed by atoms with Crippen molar-refractivity contribution in [2.45, 2.75) is 57.1 Å². The smallest absolute Gasteiger partial charge is 0.249 e. The molecule has 2 aliphatic rings. The molecule has 98 valence electrons. The highest BCUT2D eigenvalue weighted by Crippen LogP contribution is 2.33. The van der Waals surface area contributed by atoms with Crippen molar-refractivity contribution >= 4 is 21.8 Å². The van der Waals surface area contributed by atoms with E-state index in [2.05, 4.69) is 28.2 Å². The molecule has 2 fully saturated rings. The van der Waals surface area contributed by atoms with Crippen molar-refractivity contribution in [1.29, 1.82) is 0 Å². The van der Waals surface area contributed by atoms with E-state index in [0.29, 0.717) is 0 Å². The van der Waals surface area contributed by atoms with Crippen molar-refractivity contribution in [2.24, 2.45) is 5.92 Å². The molecular weight excluding hydrogens is 282 g/mol. The normalized spacial score (nSPS) is 38.0. The maximum Gasteiger partial charge on any atom is 0.249 e. The molecule has 1 heterocycles. The predicted octanol–water partition coefficient (Wildman–Crippen LogP) is 2.63. The number of amides is 1. The van der Waals surface area contributed by atoms with Crippen LogP contribution in [0.5, 0.6) is 0 Å². The number of ether oxygens (including phenoxy) is 1. The molecule has 1 saturated heterocycles. The summed E-state index contributed by atoms with van der Waals surface area (Å²) in [4.78, 5) is 12.1. The molecular formula is C13H22BrNO2. The van der Waals surface area contributed by atoms with E-state index in [1.165, 1.54) is 12.8 Å². The van der Waals surface area contributed by atoms with Crippen LogP contribution in [-0.2, 0) is 9.53 Å². The molecule has 0 aromatic rings. The fourth-order valence-electron chi connectivity index (χ4n) is 2.73. The van der Waals surface area contributed by atoms with Gasteiger partial charge < -0.3 is 10.1 Å². The molecule has 2 rings (SSSR count). The Kier molecular flexibility index (Phi) is 4.47. The van der Waals surface area contributed by atoms with Gasteiger partial charge in [-0.2, -0.15) is 0 Å². The third-order valence-corrected chi connectivity index (χ3v) is 5.17. The number of rotatable bonds is 3. The van der Waals surface area contributed by atoms with Gasteiger partial charge in [0.15, 0.2) is 0 Å². The highest BCUT2D eigenvalue weighted by atomic mass is 79.9. The van der Waals surface area contributed by atoms with Gasteiger partial charge in [-0.1, -0.05) is 22.9 Å². The van der Waals surface area contributed by atoms with Gasteiger partial charge in [0.25, 0.3) is 0 Å². The topological polar surface area (TPSA) is 38.3 Å². The Balaban J connectivity index is 1.92. The lowest BCUT2D eigenvalue weighted by Crippen LogP contribution is -2.54. The zero-order valence-electron chi connectivity index (χ0n) is 10.5. The fraction of sp³-hybridized carbons (Fsp3) is 0.923. The number of carbonyl (C=O) groups excluding carboxylic acids is 1. The Morgan fingerprint density at radius 3 is 2.65 bits per heavy atom.